The van der Waals surface area contributed by atoms with Gasteiger partial charge in [0.05, 0.1) is 12.2 Å². The van der Waals surface area contributed by atoms with Gasteiger partial charge in [0.1, 0.15) is 0 Å². The van der Waals surface area contributed by atoms with Gasteiger partial charge in [0.15, 0.2) is 5.78 Å². The van der Waals surface area contributed by atoms with Crippen molar-refractivity contribution in [3.63, 3.8) is 0 Å². The fourth-order valence-electron chi connectivity index (χ4n) is 1.18. The minimum Gasteiger partial charge on any atom is -0.298 e. The second-order valence-electron chi connectivity index (χ2n) is 5.01. The summed E-state index contributed by atoms with van der Waals surface area (Å²) in [4.78, 5) is 12.8. The first kappa shape index (κ1) is 15.3. The summed E-state index contributed by atoms with van der Waals surface area (Å²) in [6.07, 6.45) is 0.346. The van der Waals surface area contributed by atoms with Gasteiger partial charge in [-0.1, -0.05) is 33.8 Å². The van der Waals surface area contributed by atoms with Gasteiger partial charge in [-0.05, 0) is 39.0 Å². The van der Waals surface area contributed by atoms with Crippen LogP contribution < -0.4 is 0 Å². The van der Waals surface area contributed by atoms with Crippen LogP contribution in [0.1, 0.15) is 27.2 Å². The number of carbonyl (C=O) groups excluding carboxylic acids is 1. The van der Waals surface area contributed by atoms with E-state index in [0.29, 0.717) is 12.2 Å². The Morgan fingerprint density at radius 1 is 1.39 bits per heavy atom. The molecule has 0 heterocycles. The van der Waals surface area contributed by atoms with Crippen LogP contribution in [0.2, 0.25) is 0 Å². The van der Waals surface area contributed by atoms with E-state index in [1.165, 1.54) is 0 Å². The number of Topliss-reactive ketones (excluding diaryl/α,β-unsaturated/α-hetero) is 1. The highest BCUT2D eigenvalue weighted by molar-refractivity contribution is 9.10. The lowest BCUT2D eigenvalue weighted by molar-refractivity contribution is -0.115. The van der Waals surface area contributed by atoms with Crippen LogP contribution in [-0.2, 0) is 4.79 Å². The Kier molecular flexibility index (Phi) is 5.98. The highest BCUT2D eigenvalue weighted by Crippen LogP contribution is 2.22. The molecule has 0 fully saturated rings. The molecule has 0 saturated carbocycles. The molecule has 0 saturated heterocycles. The van der Waals surface area contributed by atoms with Gasteiger partial charge < -0.3 is 0 Å². The van der Waals surface area contributed by atoms with Crippen LogP contribution in [-0.4, -0.2) is 11.5 Å². The van der Waals surface area contributed by atoms with Gasteiger partial charge in [0.25, 0.3) is 0 Å². The van der Waals surface area contributed by atoms with Crippen molar-refractivity contribution >= 4 is 33.5 Å². The molecule has 0 amide bonds. The largest absolute Gasteiger partial charge is 0.298 e. The Morgan fingerprint density at radius 3 is 2.72 bits per heavy atom. The average molecular weight is 325 g/mol. The van der Waals surface area contributed by atoms with Crippen LogP contribution in [0.3, 0.4) is 0 Å². The van der Waals surface area contributed by atoms with Gasteiger partial charge in [-0.15, -0.1) is 11.8 Å². The average Bonchev–Trinajstić information content (AvgIpc) is 2.25. The van der Waals surface area contributed by atoms with Crippen molar-refractivity contribution in [1.29, 1.82) is 0 Å². The van der Waals surface area contributed by atoms with Gasteiger partial charge >= 0.3 is 0 Å². The van der Waals surface area contributed by atoms with Crippen LogP contribution in [0, 0.1) is 17.3 Å². The predicted molar refractivity (Wildman–Crippen MR) is 81.7 cm³/mol. The molecule has 0 spiro atoms. The quantitative estimate of drug-likeness (QED) is 0.597. The highest BCUT2D eigenvalue weighted by Gasteiger charge is 2.05. The Morgan fingerprint density at radius 2 is 2.11 bits per heavy atom. The molecule has 96 valence electrons. The summed E-state index contributed by atoms with van der Waals surface area (Å²) in [6.45, 7) is 6.13. The first-order valence-corrected chi connectivity index (χ1v) is 7.55. The van der Waals surface area contributed by atoms with Crippen molar-refractivity contribution < 1.29 is 4.79 Å². The zero-order valence-corrected chi connectivity index (χ0v) is 13.3. The van der Waals surface area contributed by atoms with Crippen molar-refractivity contribution in [3.05, 3.63) is 28.7 Å². The van der Waals surface area contributed by atoms with E-state index >= 15 is 0 Å². The molecule has 1 aromatic carbocycles. The van der Waals surface area contributed by atoms with Crippen molar-refractivity contribution in [1.82, 2.24) is 0 Å². The van der Waals surface area contributed by atoms with Gasteiger partial charge in [-0.2, -0.15) is 0 Å². The zero-order valence-electron chi connectivity index (χ0n) is 10.9. The first-order valence-electron chi connectivity index (χ1n) is 5.77. The van der Waals surface area contributed by atoms with Crippen molar-refractivity contribution in [3.8, 4) is 11.8 Å². The van der Waals surface area contributed by atoms with Crippen LogP contribution >= 0.6 is 27.7 Å². The number of ketones is 1. The summed E-state index contributed by atoms with van der Waals surface area (Å²) in [5, 5.41) is 0. The number of thioether (sulfide) groups is 1. The molecule has 1 aromatic rings. The molecule has 0 aromatic heterocycles. The number of halogens is 1. The standard InChI is InChI=1S/C15H17BrOS/c1-15(2,3)9-5-7-13(17)11-18-14-8-4-6-12(16)10-14/h4,6,8,10H,7,11H2,1-3H3. The second kappa shape index (κ2) is 7.01. The van der Waals surface area contributed by atoms with Gasteiger partial charge in [0, 0.05) is 14.8 Å². The summed E-state index contributed by atoms with van der Waals surface area (Å²) in [6, 6.07) is 7.96. The maximum Gasteiger partial charge on any atom is 0.154 e. The van der Waals surface area contributed by atoms with Crippen molar-refractivity contribution in [2.24, 2.45) is 5.41 Å². The molecule has 0 atom stereocenters. The molecule has 0 radical (unpaired) electrons. The summed E-state index contributed by atoms with van der Waals surface area (Å²) >= 11 is 4.97. The zero-order chi connectivity index (χ0) is 13.6. The molecule has 0 aliphatic rings. The molecule has 18 heavy (non-hydrogen) atoms. The Hall–Kier alpha value is -0.720. The van der Waals surface area contributed by atoms with Crippen LogP contribution in [0.25, 0.3) is 0 Å². The molecule has 0 unspecified atom stereocenters. The SMILES string of the molecule is CC(C)(C)C#CCC(=O)CSc1cccc(Br)c1. The summed E-state index contributed by atoms with van der Waals surface area (Å²) in [5.41, 5.74) is -0.0300. The fraction of sp³-hybridized carbons (Fsp3) is 0.400. The topological polar surface area (TPSA) is 17.1 Å². The van der Waals surface area contributed by atoms with E-state index in [2.05, 4.69) is 27.8 Å². The Balaban J connectivity index is 2.40. The molecule has 3 heteroatoms. The maximum atomic E-state index is 11.7. The molecule has 1 rings (SSSR count). The summed E-state index contributed by atoms with van der Waals surface area (Å²) in [5.74, 6) is 6.68. The maximum absolute atomic E-state index is 11.7. The number of rotatable bonds is 4. The number of carbonyl (C=O) groups is 1. The third-order valence-electron chi connectivity index (χ3n) is 1.94. The molecular formula is C15H17BrOS. The lowest BCUT2D eigenvalue weighted by Gasteiger charge is -2.06. The molecule has 0 aliphatic heterocycles. The van der Waals surface area contributed by atoms with Crippen LogP contribution in [0.4, 0.5) is 0 Å². The van der Waals surface area contributed by atoms with E-state index in [0.717, 1.165) is 9.37 Å². The third-order valence-corrected chi connectivity index (χ3v) is 3.49. The molecule has 0 N–H and O–H groups in total. The first-order chi connectivity index (χ1) is 8.37. The van der Waals surface area contributed by atoms with Crippen LogP contribution in [0.5, 0.6) is 0 Å². The van der Waals surface area contributed by atoms with Crippen molar-refractivity contribution in [2.45, 2.75) is 32.1 Å². The summed E-state index contributed by atoms with van der Waals surface area (Å²) < 4.78 is 1.03. The van der Waals surface area contributed by atoms with Crippen LogP contribution in [0.15, 0.2) is 33.6 Å². The van der Waals surface area contributed by atoms with E-state index in [1.807, 2.05) is 45.0 Å². The number of benzene rings is 1. The van der Waals surface area contributed by atoms with E-state index in [4.69, 9.17) is 0 Å². The Bertz CT molecular complexity index is 477. The molecular weight excluding hydrogens is 308 g/mol. The fourth-order valence-corrected chi connectivity index (χ4v) is 2.55. The van der Waals surface area contributed by atoms with Gasteiger partial charge in [-0.25, -0.2) is 0 Å². The van der Waals surface area contributed by atoms with Gasteiger partial charge in [0.2, 0.25) is 0 Å². The second-order valence-corrected chi connectivity index (χ2v) is 6.98. The number of hydrogen-bond donors (Lipinski definition) is 0. The molecule has 0 bridgehead atoms. The third kappa shape index (κ3) is 6.88. The lowest BCUT2D eigenvalue weighted by atomic mass is 9.98. The monoisotopic (exact) mass is 324 g/mol. The van der Waals surface area contributed by atoms with E-state index in [-0.39, 0.29) is 11.2 Å². The van der Waals surface area contributed by atoms with E-state index in [1.54, 1.807) is 11.8 Å². The predicted octanol–water partition coefficient (Wildman–Crippen LogP) is 4.55. The minimum absolute atomic E-state index is 0.0300. The normalized spacial score (nSPS) is 10.7. The highest BCUT2D eigenvalue weighted by atomic mass is 79.9. The number of hydrogen-bond acceptors (Lipinski definition) is 2. The van der Waals surface area contributed by atoms with Crippen molar-refractivity contribution in [2.75, 3.05) is 5.75 Å². The van der Waals surface area contributed by atoms with E-state index in [9.17, 15) is 4.79 Å². The molecule has 0 aliphatic carbocycles. The molecule has 1 nitrogen and oxygen atoms in total. The summed E-state index contributed by atoms with van der Waals surface area (Å²) in [7, 11) is 0. The minimum atomic E-state index is -0.0300. The van der Waals surface area contributed by atoms with E-state index < -0.39 is 0 Å². The Labute approximate surface area is 122 Å². The lowest BCUT2D eigenvalue weighted by Crippen LogP contribution is -2.02. The van der Waals surface area contributed by atoms with Gasteiger partial charge in [-0.3, -0.25) is 4.79 Å². The smallest absolute Gasteiger partial charge is 0.154 e.